The molecule has 4 rings (SSSR count). The molecule has 2 bridgehead atoms. The summed E-state index contributed by atoms with van der Waals surface area (Å²) in [4.78, 5) is 23.7. The molecule has 146 valence electrons. The number of nitrogens with zero attached hydrogens (tertiary/aromatic N) is 5. The van der Waals surface area contributed by atoms with Gasteiger partial charge in [-0.1, -0.05) is 13.3 Å². The first-order valence-electron chi connectivity index (χ1n) is 9.64. The van der Waals surface area contributed by atoms with Gasteiger partial charge in [-0.15, -0.1) is 0 Å². The number of rotatable bonds is 3. The van der Waals surface area contributed by atoms with Crippen LogP contribution in [0, 0.1) is 5.82 Å². The highest BCUT2D eigenvalue weighted by atomic mass is 19.1. The second-order valence-electron chi connectivity index (χ2n) is 7.15. The Balaban J connectivity index is 1.92. The van der Waals surface area contributed by atoms with Crippen molar-refractivity contribution >= 4 is 23.1 Å². The van der Waals surface area contributed by atoms with Gasteiger partial charge < -0.3 is 10.2 Å². The summed E-state index contributed by atoms with van der Waals surface area (Å²) in [5.74, 6) is 0.0812. The molecule has 1 amide bonds. The van der Waals surface area contributed by atoms with Crippen LogP contribution in [0.4, 0.5) is 15.9 Å². The topological polar surface area (TPSA) is 75.4 Å². The molecule has 3 aromatic heterocycles. The Morgan fingerprint density at radius 1 is 1.36 bits per heavy atom. The lowest BCUT2D eigenvalue weighted by atomic mass is 10.1. The number of halogens is 1. The molecule has 1 N–H and O–H groups in total. The number of nitrogens with one attached hydrogen (secondary N) is 1. The lowest BCUT2D eigenvalue weighted by Crippen LogP contribution is -2.33. The molecule has 0 saturated carbocycles. The molecule has 1 unspecified atom stereocenters. The number of unbranched alkanes of at least 4 members (excludes halogenated alkanes) is 1. The molecule has 1 aliphatic rings. The van der Waals surface area contributed by atoms with Gasteiger partial charge in [-0.2, -0.15) is 5.10 Å². The summed E-state index contributed by atoms with van der Waals surface area (Å²) in [5.41, 5.74) is 2.44. The number of carbonyl (C=O) groups is 1. The van der Waals surface area contributed by atoms with E-state index in [0.717, 1.165) is 24.2 Å². The van der Waals surface area contributed by atoms with E-state index < -0.39 is 0 Å². The third-order valence-corrected chi connectivity index (χ3v) is 5.01. The van der Waals surface area contributed by atoms with Crippen LogP contribution < -0.4 is 10.2 Å². The minimum absolute atomic E-state index is 0.0612. The predicted octanol–water partition coefficient (Wildman–Crippen LogP) is 3.27. The molecule has 4 heterocycles. The Kier molecular flexibility index (Phi) is 4.93. The van der Waals surface area contributed by atoms with Crippen molar-refractivity contribution in [2.45, 2.75) is 45.6 Å². The number of anilines is 2. The van der Waals surface area contributed by atoms with Gasteiger partial charge >= 0.3 is 0 Å². The van der Waals surface area contributed by atoms with E-state index >= 15 is 0 Å². The molecule has 1 aliphatic heterocycles. The molecule has 0 aliphatic carbocycles. The maximum absolute atomic E-state index is 14.1. The highest BCUT2D eigenvalue weighted by Gasteiger charge is 2.22. The lowest BCUT2D eigenvalue weighted by Gasteiger charge is -2.26. The molecular weight excluding hydrogens is 359 g/mol. The number of hydrogen-bond acceptors (Lipinski definition) is 5. The van der Waals surface area contributed by atoms with Crippen molar-refractivity contribution in [3.8, 4) is 0 Å². The van der Waals surface area contributed by atoms with Crippen molar-refractivity contribution in [3.05, 3.63) is 47.8 Å². The first-order chi connectivity index (χ1) is 13.6. The average molecular weight is 382 g/mol. The molecule has 8 heteroatoms. The fourth-order valence-corrected chi connectivity index (χ4v) is 3.45. The highest BCUT2D eigenvalue weighted by Crippen LogP contribution is 2.29. The third-order valence-electron chi connectivity index (χ3n) is 5.01. The number of amides is 1. The second kappa shape index (κ2) is 7.53. The average Bonchev–Trinajstić information content (AvgIpc) is 3.10. The number of aryl methyl sites for hydroxylation is 1. The maximum Gasteiger partial charge on any atom is 0.256 e. The van der Waals surface area contributed by atoms with Gasteiger partial charge in [0.05, 0.1) is 23.8 Å². The molecular formula is C20H23FN6O. The van der Waals surface area contributed by atoms with Gasteiger partial charge in [0.15, 0.2) is 5.65 Å². The zero-order chi connectivity index (χ0) is 19.7. The fourth-order valence-electron chi connectivity index (χ4n) is 3.45. The molecule has 1 atom stereocenters. The van der Waals surface area contributed by atoms with Crippen LogP contribution >= 0.6 is 0 Å². The molecule has 3 aromatic rings. The number of fused-ring (bicyclic) bond motifs is 2. The van der Waals surface area contributed by atoms with E-state index in [4.69, 9.17) is 4.98 Å². The van der Waals surface area contributed by atoms with Crippen molar-refractivity contribution in [1.82, 2.24) is 24.9 Å². The number of carbonyl (C=O) groups excluding carboxylic acids is 1. The van der Waals surface area contributed by atoms with E-state index in [9.17, 15) is 9.18 Å². The van der Waals surface area contributed by atoms with Gasteiger partial charge in [0.25, 0.3) is 5.91 Å². The number of pyridine rings is 1. The first-order valence-corrected chi connectivity index (χ1v) is 9.64. The summed E-state index contributed by atoms with van der Waals surface area (Å²) >= 11 is 0. The van der Waals surface area contributed by atoms with E-state index in [1.165, 1.54) is 18.5 Å². The summed E-state index contributed by atoms with van der Waals surface area (Å²) < 4.78 is 15.7. The fraction of sp³-hybridized carbons (Fsp3) is 0.400. The third kappa shape index (κ3) is 3.42. The summed E-state index contributed by atoms with van der Waals surface area (Å²) in [7, 11) is 0. The Morgan fingerprint density at radius 3 is 3.04 bits per heavy atom. The predicted molar refractivity (Wildman–Crippen MR) is 104 cm³/mol. The summed E-state index contributed by atoms with van der Waals surface area (Å²) in [6.07, 6.45) is 7.80. The van der Waals surface area contributed by atoms with Crippen LogP contribution in [0.3, 0.4) is 0 Å². The van der Waals surface area contributed by atoms with Crippen molar-refractivity contribution < 1.29 is 9.18 Å². The zero-order valence-electron chi connectivity index (χ0n) is 16.0. The molecule has 0 radical (unpaired) electrons. The largest absolute Gasteiger partial charge is 0.349 e. The Morgan fingerprint density at radius 2 is 2.21 bits per heavy atom. The first kappa shape index (κ1) is 18.3. The van der Waals surface area contributed by atoms with Gasteiger partial charge in [0.2, 0.25) is 0 Å². The van der Waals surface area contributed by atoms with Crippen LogP contribution in [-0.2, 0) is 6.42 Å². The highest BCUT2D eigenvalue weighted by molar-refractivity contribution is 6.00. The molecule has 28 heavy (non-hydrogen) atoms. The van der Waals surface area contributed by atoms with Gasteiger partial charge in [0, 0.05) is 24.8 Å². The summed E-state index contributed by atoms with van der Waals surface area (Å²) in [6, 6.07) is 3.30. The standard InChI is InChI=1S/C20H23FN6O/c1-3-4-8-26-17-10-14(21)11-22-16(17)6-5-13(2)24-20(28)15-12-23-27-9-7-18(26)25-19(15)27/h7,9-13H,3-6,8H2,1-2H3,(H,24,28). The van der Waals surface area contributed by atoms with Crippen molar-refractivity contribution in [3.63, 3.8) is 0 Å². The molecule has 0 fully saturated rings. The summed E-state index contributed by atoms with van der Waals surface area (Å²) in [6.45, 7) is 4.74. The second-order valence-corrected chi connectivity index (χ2v) is 7.15. The van der Waals surface area contributed by atoms with Crippen LogP contribution in [0.1, 0.15) is 49.2 Å². The minimum atomic E-state index is -0.375. The Labute approximate surface area is 162 Å². The SMILES string of the molecule is CCCCN1c2ccn3ncc(c3n2)C(=O)NC(C)CCc2ncc(F)cc21. The van der Waals surface area contributed by atoms with Crippen LogP contribution in [0.25, 0.3) is 5.65 Å². The molecule has 0 saturated heterocycles. The maximum atomic E-state index is 14.1. The lowest BCUT2D eigenvalue weighted by molar-refractivity contribution is 0.0940. The van der Waals surface area contributed by atoms with E-state index in [1.54, 1.807) is 10.7 Å². The quantitative estimate of drug-likeness (QED) is 0.752. The molecule has 0 aromatic carbocycles. The summed E-state index contributed by atoms with van der Waals surface area (Å²) in [5, 5.41) is 7.23. The van der Waals surface area contributed by atoms with Crippen molar-refractivity contribution in [1.29, 1.82) is 0 Å². The molecule has 7 nitrogen and oxygen atoms in total. The van der Waals surface area contributed by atoms with Crippen molar-refractivity contribution in [2.24, 2.45) is 0 Å². The zero-order valence-corrected chi connectivity index (χ0v) is 16.0. The van der Waals surface area contributed by atoms with E-state index in [-0.39, 0.29) is 17.8 Å². The normalized spacial score (nSPS) is 17.2. The number of aromatic nitrogens is 4. The smallest absolute Gasteiger partial charge is 0.256 e. The van der Waals surface area contributed by atoms with Gasteiger partial charge in [0.1, 0.15) is 17.2 Å². The van der Waals surface area contributed by atoms with E-state index in [2.05, 4.69) is 22.3 Å². The van der Waals surface area contributed by atoms with Crippen LogP contribution in [-0.4, -0.2) is 38.1 Å². The number of hydrogen-bond donors (Lipinski definition) is 1. The Bertz CT molecular complexity index is 1020. The minimum Gasteiger partial charge on any atom is -0.349 e. The van der Waals surface area contributed by atoms with Gasteiger partial charge in [-0.05, 0) is 32.3 Å². The van der Waals surface area contributed by atoms with Gasteiger partial charge in [-0.3, -0.25) is 9.78 Å². The van der Waals surface area contributed by atoms with Crippen LogP contribution in [0.2, 0.25) is 0 Å². The van der Waals surface area contributed by atoms with Crippen LogP contribution in [0.15, 0.2) is 30.7 Å². The van der Waals surface area contributed by atoms with E-state index in [1.807, 2.05) is 17.9 Å². The van der Waals surface area contributed by atoms with Crippen LogP contribution in [0.5, 0.6) is 0 Å². The Hall–Kier alpha value is -3.03. The van der Waals surface area contributed by atoms with E-state index in [0.29, 0.717) is 36.4 Å². The molecule has 0 spiro atoms. The van der Waals surface area contributed by atoms with Gasteiger partial charge in [-0.25, -0.2) is 13.9 Å². The monoisotopic (exact) mass is 382 g/mol. The van der Waals surface area contributed by atoms with Crippen molar-refractivity contribution in [2.75, 3.05) is 11.4 Å².